The molecule has 0 aliphatic carbocycles. The minimum atomic E-state index is 0.333. The molecule has 1 aromatic carbocycles. The maximum Gasteiger partial charge on any atom is 0.115 e. The molecular weight excluding hydrogens is 188 g/mol. The van der Waals surface area contributed by atoms with E-state index in [1.165, 1.54) is 5.56 Å². The van der Waals surface area contributed by atoms with Crippen LogP contribution in [0, 0.1) is 0 Å². The Labute approximate surface area is 81.6 Å². The van der Waals surface area contributed by atoms with Gasteiger partial charge < -0.3 is 5.11 Å². The lowest BCUT2D eigenvalue weighted by Gasteiger charge is -2.10. The smallest absolute Gasteiger partial charge is 0.115 e. The third kappa shape index (κ3) is 2.35. The summed E-state index contributed by atoms with van der Waals surface area (Å²) in [5.41, 5.74) is 1.26. The highest BCUT2D eigenvalue weighted by atomic mass is 32.2. The molecule has 0 saturated carbocycles. The lowest BCUT2D eigenvalue weighted by molar-refractivity contribution is 0.475. The summed E-state index contributed by atoms with van der Waals surface area (Å²) in [5.74, 6) is 0.333. The summed E-state index contributed by atoms with van der Waals surface area (Å²) in [6.07, 6.45) is 4.18. The zero-order valence-electron chi connectivity index (χ0n) is 7.15. The van der Waals surface area contributed by atoms with Gasteiger partial charge in [0.05, 0.1) is 4.58 Å². The van der Waals surface area contributed by atoms with Crippen molar-refractivity contribution >= 4 is 23.5 Å². The zero-order valence-corrected chi connectivity index (χ0v) is 8.78. The highest BCUT2D eigenvalue weighted by Crippen LogP contribution is 2.36. The topological polar surface area (TPSA) is 20.2 Å². The van der Waals surface area contributed by atoms with Crippen LogP contribution in [-0.2, 0) is 0 Å². The van der Waals surface area contributed by atoms with Crippen molar-refractivity contribution in [2.45, 2.75) is 4.58 Å². The second-order valence-electron chi connectivity index (χ2n) is 2.39. The number of phenols is 1. The molecule has 3 heteroatoms. The standard InChI is InChI=1S/C9H12OS2/c1-11-9(12-2)7-3-5-8(10)6-4-7/h3-6,9-10H,1-2H3. The van der Waals surface area contributed by atoms with Crippen molar-refractivity contribution in [3.05, 3.63) is 29.8 Å². The number of rotatable bonds is 3. The molecule has 0 saturated heterocycles. The molecule has 0 amide bonds. The van der Waals surface area contributed by atoms with E-state index in [9.17, 15) is 0 Å². The number of hydrogen-bond acceptors (Lipinski definition) is 3. The van der Waals surface area contributed by atoms with E-state index in [1.54, 1.807) is 12.1 Å². The Bertz CT molecular complexity index is 229. The Hall–Kier alpha value is -0.280. The molecule has 1 rings (SSSR count). The van der Waals surface area contributed by atoms with E-state index in [1.807, 2.05) is 35.7 Å². The summed E-state index contributed by atoms with van der Waals surface area (Å²) in [4.78, 5) is 0. The predicted molar refractivity (Wildman–Crippen MR) is 57.9 cm³/mol. The molecule has 0 atom stereocenters. The molecule has 0 spiro atoms. The summed E-state index contributed by atoms with van der Waals surface area (Å²) >= 11 is 3.62. The number of aromatic hydroxyl groups is 1. The fraction of sp³-hybridized carbons (Fsp3) is 0.333. The normalized spacial score (nSPS) is 10.6. The van der Waals surface area contributed by atoms with Gasteiger partial charge in [0.1, 0.15) is 5.75 Å². The summed E-state index contributed by atoms with van der Waals surface area (Å²) in [6, 6.07) is 7.39. The molecule has 1 N–H and O–H groups in total. The number of thioether (sulfide) groups is 2. The maximum absolute atomic E-state index is 9.07. The Morgan fingerprint density at radius 2 is 1.58 bits per heavy atom. The van der Waals surface area contributed by atoms with Crippen LogP contribution in [0.5, 0.6) is 5.75 Å². The molecule has 12 heavy (non-hydrogen) atoms. The first-order valence-electron chi connectivity index (χ1n) is 3.62. The van der Waals surface area contributed by atoms with Crippen molar-refractivity contribution in [3.8, 4) is 5.75 Å². The molecule has 0 aromatic heterocycles. The fourth-order valence-electron chi connectivity index (χ4n) is 1.000. The van der Waals surface area contributed by atoms with E-state index >= 15 is 0 Å². The lowest BCUT2D eigenvalue weighted by atomic mass is 10.2. The Balaban J connectivity index is 2.80. The molecule has 0 fully saturated rings. The van der Waals surface area contributed by atoms with Gasteiger partial charge in [-0.1, -0.05) is 12.1 Å². The van der Waals surface area contributed by atoms with E-state index in [-0.39, 0.29) is 0 Å². The van der Waals surface area contributed by atoms with E-state index in [0.717, 1.165) is 0 Å². The first kappa shape index (κ1) is 9.81. The Morgan fingerprint density at radius 3 is 2.00 bits per heavy atom. The van der Waals surface area contributed by atoms with Crippen LogP contribution in [0.25, 0.3) is 0 Å². The minimum absolute atomic E-state index is 0.333. The molecule has 0 aliphatic heterocycles. The van der Waals surface area contributed by atoms with Gasteiger partial charge in [-0.05, 0) is 30.2 Å². The van der Waals surface area contributed by atoms with Crippen molar-refractivity contribution in [2.75, 3.05) is 12.5 Å². The fourth-order valence-corrected chi connectivity index (χ4v) is 2.63. The third-order valence-electron chi connectivity index (χ3n) is 1.59. The van der Waals surface area contributed by atoms with Gasteiger partial charge in [-0.2, -0.15) is 0 Å². The van der Waals surface area contributed by atoms with Crippen LogP contribution in [-0.4, -0.2) is 17.6 Å². The van der Waals surface area contributed by atoms with Crippen molar-refractivity contribution in [1.29, 1.82) is 0 Å². The van der Waals surface area contributed by atoms with Gasteiger partial charge in [0.25, 0.3) is 0 Å². The van der Waals surface area contributed by atoms with Crippen LogP contribution in [0.15, 0.2) is 24.3 Å². The van der Waals surface area contributed by atoms with Crippen LogP contribution in [0.2, 0.25) is 0 Å². The molecule has 1 nitrogen and oxygen atoms in total. The molecule has 0 bridgehead atoms. The number of hydrogen-bond donors (Lipinski definition) is 1. The van der Waals surface area contributed by atoms with Crippen molar-refractivity contribution in [1.82, 2.24) is 0 Å². The van der Waals surface area contributed by atoms with E-state index in [2.05, 4.69) is 12.5 Å². The van der Waals surface area contributed by atoms with Gasteiger partial charge in [-0.25, -0.2) is 0 Å². The average Bonchev–Trinajstić information content (AvgIpc) is 2.10. The molecule has 0 radical (unpaired) electrons. The predicted octanol–water partition coefficient (Wildman–Crippen LogP) is 3.12. The first-order chi connectivity index (χ1) is 5.77. The van der Waals surface area contributed by atoms with Gasteiger partial charge in [-0.15, -0.1) is 23.5 Å². The van der Waals surface area contributed by atoms with Gasteiger partial charge in [0, 0.05) is 0 Å². The maximum atomic E-state index is 9.07. The Kier molecular flexibility index (Phi) is 3.82. The SMILES string of the molecule is CSC(SC)c1ccc(O)cc1. The van der Waals surface area contributed by atoms with Crippen LogP contribution >= 0.6 is 23.5 Å². The first-order valence-corrected chi connectivity index (χ1v) is 6.20. The monoisotopic (exact) mass is 200 g/mol. The summed E-state index contributed by atoms with van der Waals surface area (Å²) in [5, 5.41) is 9.07. The van der Waals surface area contributed by atoms with E-state index in [4.69, 9.17) is 5.11 Å². The summed E-state index contributed by atoms with van der Waals surface area (Å²) in [7, 11) is 0. The largest absolute Gasteiger partial charge is 0.508 e. The highest BCUT2D eigenvalue weighted by Gasteiger charge is 2.06. The molecule has 0 aliphatic rings. The Morgan fingerprint density at radius 1 is 1.08 bits per heavy atom. The summed E-state index contributed by atoms with van der Waals surface area (Å²) < 4.78 is 0.477. The zero-order chi connectivity index (χ0) is 8.97. The van der Waals surface area contributed by atoms with E-state index in [0.29, 0.717) is 10.3 Å². The molecule has 66 valence electrons. The molecule has 1 aromatic rings. The van der Waals surface area contributed by atoms with Crippen LogP contribution in [0.3, 0.4) is 0 Å². The summed E-state index contributed by atoms with van der Waals surface area (Å²) in [6.45, 7) is 0. The number of benzene rings is 1. The highest BCUT2D eigenvalue weighted by molar-refractivity contribution is 8.15. The van der Waals surface area contributed by atoms with Crippen LogP contribution in [0.1, 0.15) is 10.1 Å². The molecular formula is C9H12OS2. The molecule has 0 heterocycles. The van der Waals surface area contributed by atoms with Gasteiger partial charge in [0.15, 0.2) is 0 Å². The van der Waals surface area contributed by atoms with Gasteiger partial charge in [0.2, 0.25) is 0 Å². The second-order valence-corrected chi connectivity index (χ2v) is 4.58. The van der Waals surface area contributed by atoms with Crippen molar-refractivity contribution in [3.63, 3.8) is 0 Å². The van der Waals surface area contributed by atoms with E-state index < -0.39 is 0 Å². The third-order valence-corrected chi connectivity index (χ3v) is 4.15. The second kappa shape index (κ2) is 4.67. The quantitative estimate of drug-likeness (QED) is 0.757. The van der Waals surface area contributed by atoms with Crippen LogP contribution < -0.4 is 0 Å². The average molecular weight is 200 g/mol. The van der Waals surface area contributed by atoms with Crippen LogP contribution in [0.4, 0.5) is 0 Å². The van der Waals surface area contributed by atoms with Crippen molar-refractivity contribution in [2.24, 2.45) is 0 Å². The van der Waals surface area contributed by atoms with Gasteiger partial charge in [-0.3, -0.25) is 0 Å². The molecule has 0 unspecified atom stereocenters. The van der Waals surface area contributed by atoms with Crippen molar-refractivity contribution < 1.29 is 5.11 Å². The minimum Gasteiger partial charge on any atom is -0.508 e. The lowest BCUT2D eigenvalue weighted by Crippen LogP contribution is -1.85. The van der Waals surface area contributed by atoms with Gasteiger partial charge >= 0.3 is 0 Å². The number of phenolic OH excluding ortho intramolecular Hbond substituents is 1.